The van der Waals surface area contributed by atoms with Gasteiger partial charge in [-0.05, 0) is 74.9 Å². The monoisotopic (exact) mass is 557 g/mol. The third-order valence-corrected chi connectivity index (χ3v) is 9.14. The smallest absolute Gasteiger partial charge is 0.318 e. The molecule has 41 heavy (non-hydrogen) atoms. The molecule has 2 saturated heterocycles. The van der Waals surface area contributed by atoms with Gasteiger partial charge < -0.3 is 14.5 Å². The second-order valence-corrected chi connectivity index (χ2v) is 12.0. The van der Waals surface area contributed by atoms with E-state index in [9.17, 15) is 9.18 Å². The van der Waals surface area contributed by atoms with Gasteiger partial charge in [0.15, 0.2) is 0 Å². The summed E-state index contributed by atoms with van der Waals surface area (Å²) in [4.78, 5) is 28.4. The van der Waals surface area contributed by atoms with Gasteiger partial charge in [-0.1, -0.05) is 48.5 Å². The number of halogens is 1. The Hall–Kier alpha value is -3.52. The molecule has 0 saturated carbocycles. The lowest BCUT2D eigenvalue weighted by Crippen LogP contribution is -2.54. The average molecular weight is 558 g/mol. The highest BCUT2D eigenvalue weighted by Crippen LogP contribution is 2.40. The number of likely N-dealkylation sites (N-methyl/N-ethyl adjacent to an activating group) is 1. The van der Waals surface area contributed by atoms with Crippen molar-refractivity contribution in [1.82, 2.24) is 19.8 Å². The molecule has 1 aromatic heterocycles. The summed E-state index contributed by atoms with van der Waals surface area (Å²) < 4.78 is 20.2. The number of ether oxygens (including phenoxy) is 1. The Morgan fingerprint density at radius 1 is 1.20 bits per heavy atom. The fourth-order valence-corrected chi connectivity index (χ4v) is 6.95. The van der Waals surface area contributed by atoms with Crippen molar-refractivity contribution in [2.75, 3.05) is 44.7 Å². The van der Waals surface area contributed by atoms with Gasteiger partial charge in [0.1, 0.15) is 18.6 Å². The number of likely N-dealkylation sites (tertiary alicyclic amines) is 1. The van der Waals surface area contributed by atoms with Gasteiger partial charge in [-0.15, -0.1) is 0 Å². The van der Waals surface area contributed by atoms with Crippen LogP contribution in [0.25, 0.3) is 10.8 Å². The number of fused-ring (bicyclic) bond motifs is 2. The highest BCUT2D eigenvalue weighted by molar-refractivity contribution is 5.87. The van der Waals surface area contributed by atoms with Crippen LogP contribution in [0.5, 0.6) is 6.01 Å². The third-order valence-electron chi connectivity index (χ3n) is 9.14. The molecule has 2 aliphatic heterocycles. The van der Waals surface area contributed by atoms with E-state index in [0.717, 1.165) is 30.8 Å². The molecular weight excluding hydrogens is 517 g/mol. The molecule has 0 radical (unpaired) electrons. The van der Waals surface area contributed by atoms with E-state index in [1.165, 1.54) is 33.5 Å². The van der Waals surface area contributed by atoms with Crippen molar-refractivity contribution in [3.63, 3.8) is 0 Å². The number of hydrogen-bond acceptors (Lipinski definition) is 6. The van der Waals surface area contributed by atoms with Crippen LogP contribution in [-0.2, 0) is 17.6 Å². The van der Waals surface area contributed by atoms with Gasteiger partial charge in [-0.3, -0.25) is 9.69 Å². The first-order valence-corrected chi connectivity index (χ1v) is 14.8. The minimum atomic E-state index is -0.825. The summed E-state index contributed by atoms with van der Waals surface area (Å²) in [5.41, 5.74) is 4.86. The number of rotatable bonds is 6. The topological polar surface area (TPSA) is 61.8 Å². The molecule has 4 atom stereocenters. The second-order valence-electron chi connectivity index (χ2n) is 12.0. The number of piperazine rings is 1. The number of anilines is 1. The van der Waals surface area contributed by atoms with E-state index in [-0.39, 0.29) is 18.0 Å². The molecule has 3 aliphatic rings. The van der Waals surface area contributed by atoms with Gasteiger partial charge in [0, 0.05) is 43.8 Å². The maximum atomic E-state index is 14.0. The van der Waals surface area contributed by atoms with Crippen molar-refractivity contribution >= 4 is 22.5 Å². The number of benzene rings is 2. The molecule has 1 amide bonds. The summed E-state index contributed by atoms with van der Waals surface area (Å²) in [5.74, 6) is 1.22. The van der Waals surface area contributed by atoms with E-state index >= 15 is 0 Å². The zero-order valence-corrected chi connectivity index (χ0v) is 24.4. The van der Waals surface area contributed by atoms with Gasteiger partial charge in [0.05, 0.1) is 5.69 Å². The zero-order valence-electron chi connectivity index (χ0n) is 24.4. The van der Waals surface area contributed by atoms with Crippen LogP contribution < -0.4 is 9.64 Å². The summed E-state index contributed by atoms with van der Waals surface area (Å²) in [6.07, 6.45) is 3.74. The van der Waals surface area contributed by atoms with Crippen molar-refractivity contribution in [2.45, 2.75) is 63.7 Å². The largest absolute Gasteiger partial charge is 0.462 e. The fourth-order valence-electron chi connectivity index (χ4n) is 6.95. The van der Waals surface area contributed by atoms with Crippen molar-refractivity contribution in [1.29, 1.82) is 0 Å². The lowest BCUT2D eigenvalue weighted by molar-refractivity contribution is -0.126. The molecule has 1 aliphatic carbocycles. The molecule has 216 valence electrons. The predicted molar refractivity (Wildman–Crippen MR) is 160 cm³/mol. The third kappa shape index (κ3) is 5.54. The number of aromatic nitrogens is 2. The van der Waals surface area contributed by atoms with Crippen LogP contribution in [0.4, 0.5) is 10.2 Å². The van der Waals surface area contributed by atoms with Gasteiger partial charge in [-0.2, -0.15) is 9.97 Å². The van der Waals surface area contributed by atoms with Crippen LogP contribution in [0.3, 0.4) is 0 Å². The normalized spacial score (nSPS) is 24.9. The zero-order chi connectivity index (χ0) is 28.7. The molecule has 3 heterocycles. The van der Waals surface area contributed by atoms with E-state index in [0.29, 0.717) is 51.1 Å². The first kappa shape index (κ1) is 27.6. The first-order valence-electron chi connectivity index (χ1n) is 14.8. The summed E-state index contributed by atoms with van der Waals surface area (Å²) in [5, 5.41) is 2.58. The summed E-state index contributed by atoms with van der Waals surface area (Å²) in [6.45, 7) is 10.7. The molecule has 2 fully saturated rings. The van der Waals surface area contributed by atoms with Crippen LogP contribution in [0, 0.1) is 6.92 Å². The minimum absolute atomic E-state index is 0.00636. The molecule has 1 unspecified atom stereocenters. The predicted octanol–water partition coefficient (Wildman–Crippen LogP) is 4.85. The Kier molecular flexibility index (Phi) is 7.68. The highest BCUT2D eigenvalue weighted by Gasteiger charge is 2.34. The van der Waals surface area contributed by atoms with E-state index < -0.39 is 6.17 Å². The number of amides is 1. The second kappa shape index (κ2) is 11.4. The van der Waals surface area contributed by atoms with Crippen molar-refractivity contribution in [2.24, 2.45) is 0 Å². The van der Waals surface area contributed by atoms with E-state index in [4.69, 9.17) is 14.7 Å². The Morgan fingerprint density at radius 2 is 2.02 bits per heavy atom. The van der Waals surface area contributed by atoms with Gasteiger partial charge in [-0.25, -0.2) is 4.39 Å². The first-order chi connectivity index (χ1) is 19.8. The van der Waals surface area contributed by atoms with Crippen molar-refractivity contribution in [3.05, 3.63) is 71.4 Å². The van der Waals surface area contributed by atoms with Crippen LogP contribution in [0.1, 0.15) is 48.1 Å². The van der Waals surface area contributed by atoms with Gasteiger partial charge >= 0.3 is 6.01 Å². The lowest BCUT2D eigenvalue weighted by Gasteiger charge is -2.41. The number of carbonyl (C=O) groups is 1. The molecule has 0 spiro atoms. The molecule has 3 aromatic rings. The van der Waals surface area contributed by atoms with Crippen LogP contribution in [-0.4, -0.2) is 83.8 Å². The number of nitrogens with zero attached hydrogens (tertiary/aromatic N) is 5. The average Bonchev–Trinajstić information content (AvgIpc) is 3.30. The molecule has 0 bridgehead atoms. The van der Waals surface area contributed by atoms with Crippen molar-refractivity contribution < 1.29 is 13.9 Å². The molecule has 0 N–H and O–H groups in total. The Morgan fingerprint density at radius 3 is 2.78 bits per heavy atom. The van der Waals surface area contributed by atoms with Gasteiger partial charge in [0.2, 0.25) is 5.91 Å². The van der Waals surface area contributed by atoms with Crippen LogP contribution >= 0.6 is 0 Å². The van der Waals surface area contributed by atoms with E-state index in [1.54, 1.807) is 0 Å². The molecule has 6 rings (SSSR count). The Labute approximate surface area is 242 Å². The molecule has 8 heteroatoms. The quantitative estimate of drug-likeness (QED) is 0.404. The standard InChI is InChI=1S/C33H40FN5O2/c1-5-31(40)38-12-13-39(22(3)18-38)32-28-11-10-24(29-15-21(2)14-23-8-6-7-9-27(23)29)16-30(28)35-33(36-32)41-20-26-17-25(34)19-37(26)4/h5-9,14-15,22,24-26H,1,10-13,16-20H2,2-4H3/t22-,24?,25-,26-/m0/s1. The van der Waals surface area contributed by atoms with Crippen LogP contribution in [0.2, 0.25) is 0 Å². The number of alkyl halides is 1. The summed E-state index contributed by atoms with van der Waals surface area (Å²) in [7, 11) is 1.94. The number of carbonyl (C=O) groups excluding carboxylic acids is 1. The molecule has 2 aromatic carbocycles. The maximum Gasteiger partial charge on any atom is 0.318 e. The number of hydrogen-bond donors (Lipinski definition) is 0. The molecular formula is C33H40FN5O2. The molecule has 7 nitrogen and oxygen atoms in total. The van der Waals surface area contributed by atoms with E-state index in [2.05, 4.69) is 61.7 Å². The van der Waals surface area contributed by atoms with E-state index in [1.807, 2.05) is 16.8 Å². The summed E-state index contributed by atoms with van der Waals surface area (Å²) in [6, 6.07) is 13.7. The minimum Gasteiger partial charge on any atom is -0.462 e. The SMILES string of the molecule is C=CC(=O)N1CCN(c2nc(OC[C@@H]3C[C@H](F)CN3C)nc3c2CCC(c2cc(C)cc4ccccc24)C3)[C@@H](C)C1. The Bertz CT molecular complexity index is 1460. The fraction of sp³-hybridized carbons (Fsp3) is 0.485. The highest BCUT2D eigenvalue weighted by atomic mass is 19.1. The summed E-state index contributed by atoms with van der Waals surface area (Å²) >= 11 is 0. The van der Waals surface area contributed by atoms with Crippen molar-refractivity contribution in [3.8, 4) is 6.01 Å². The van der Waals surface area contributed by atoms with Crippen LogP contribution in [0.15, 0.2) is 49.1 Å². The maximum absolute atomic E-state index is 14.0. The Balaban J connectivity index is 1.33. The number of aryl methyl sites for hydroxylation is 1. The lowest BCUT2D eigenvalue weighted by atomic mass is 9.80. The van der Waals surface area contributed by atoms with Gasteiger partial charge in [0.25, 0.3) is 0 Å².